The summed E-state index contributed by atoms with van der Waals surface area (Å²) in [6, 6.07) is 0. The molecule has 0 amide bonds. The minimum atomic E-state index is -4.56. The van der Waals surface area contributed by atoms with Crippen LogP contribution in [0.1, 0.15) is 155 Å². The van der Waals surface area contributed by atoms with E-state index in [0.29, 0.717) is 19.4 Å². The molecule has 3 unspecified atom stereocenters. The van der Waals surface area contributed by atoms with Crippen molar-refractivity contribution < 1.29 is 43.0 Å². The number of hydrogen-bond acceptors (Lipinski definition) is 8. The Morgan fingerprint density at radius 2 is 0.794 bits per heavy atom. The van der Waals surface area contributed by atoms with E-state index >= 15 is 0 Å². The molecule has 382 valence electrons. The maximum absolute atomic E-state index is 12.7. The summed E-state index contributed by atoms with van der Waals surface area (Å²) in [6.45, 7) is 3.12. The third-order valence-corrected chi connectivity index (χ3v) is 10.7. The van der Waals surface area contributed by atoms with Crippen LogP contribution in [0.5, 0.6) is 0 Å². The maximum Gasteiger partial charge on any atom is 0.472 e. The van der Waals surface area contributed by atoms with Crippen LogP contribution >= 0.6 is 7.82 Å². The molecule has 3 atom stereocenters. The van der Waals surface area contributed by atoms with Gasteiger partial charge in [-0.1, -0.05) is 191 Å². The lowest BCUT2D eigenvalue weighted by Crippen LogP contribution is -2.29. The molecule has 3 N–H and O–H groups in total. The van der Waals surface area contributed by atoms with E-state index in [1.807, 2.05) is 6.08 Å². The molecule has 9 nitrogen and oxygen atoms in total. The number of aliphatic hydroxyl groups excluding tert-OH is 2. The predicted molar refractivity (Wildman–Crippen MR) is 287 cm³/mol. The fourth-order valence-electron chi connectivity index (χ4n) is 5.93. The van der Waals surface area contributed by atoms with Crippen LogP contribution in [-0.2, 0) is 27.9 Å². The van der Waals surface area contributed by atoms with E-state index in [4.69, 9.17) is 23.6 Å². The summed E-state index contributed by atoms with van der Waals surface area (Å²) >= 11 is 0. The Balaban J connectivity index is 4.30. The lowest BCUT2D eigenvalue weighted by Gasteiger charge is -2.20. The summed E-state index contributed by atoms with van der Waals surface area (Å²) in [5.74, 6) is -0.455. The van der Waals surface area contributed by atoms with Crippen LogP contribution in [0.2, 0.25) is 0 Å². The normalized spacial score (nSPS) is 15.1. The molecule has 0 rings (SSSR count). The van der Waals surface area contributed by atoms with Gasteiger partial charge in [0, 0.05) is 13.0 Å². The van der Waals surface area contributed by atoms with E-state index in [9.17, 15) is 19.4 Å². The minimum absolute atomic E-state index is 0.000448. The van der Waals surface area contributed by atoms with Gasteiger partial charge in [-0.15, -0.1) is 0 Å². The van der Waals surface area contributed by atoms with Crippen molar-refractivity contribution in [3.8, 4) is 0 Å². The summed E-state index contributed by atoms with van der Waals surface area (Å²) < 4.78 is 33.4. The molecular formula is C58H91O9P. The van der Waals surface area contributed by atoms with Crippen molar-refractivity contribution in [2.45, 2.75) is 167 Å². The van der Waals surface area contributed by atoms with E-state index in [0.717, 1.165) is 122 Å². The van der Waals surface area contributed by atoms with Crippen molar-refractivity contribution in [1.29, 1.82) is 0 Å². The minimum Gasteiger partial charge on any atom is -0.457 e. The number of ether oxygens (including phenoxy) is 2. The molecule has 0 aliphatic rings. The number of phosphoric ester groups is 1. The molecule has 0 saturated carbocycles. The molecule has 0 radical (unpaired) electrons. The van der Waals surface area contributed by atoms with Crippen LogP contribution in [0.3, 0.4) is 0 Å². The molecule has 0 aliphatic carbocycles. The van der Waals surface area contributed by atoms with Crippen molar-refractivity contribution in [2.75, 3.05) is 33.0 Å². The fraction of sp³-hybridized carbons (Fsp3) is 0.534. The lowest BCUT2D eigenvalue weighted by molar-refractivity contribution is -0.154. The van der Waals surface area contributed by atoms with Gasteiger partial charge in [0.05, 0.1) is 26.4 Å². The van der Waals surface area contributed by atoms with Crippen LogP contribution in [-0.4, -0.2) is 66.3 Å². The van der Waals surface area contributed by atoms with Gasteiger partial charge in [0.2, 0.25) is 0 Å². The third kappa shape index (κ3) is 51.5. The number of carbonyl (C=O) groups excluding carboxylic acids is 1. The number of phosphoric acid groups is 1. The first-order chi connectivity index (χ1) is 33.3. The molecule has 0 aromatic carbocycles. The molecule has 68 heavy (non-hydrogen) atoms. The van der Waals surface area contributed by atoms with Crippen molar-refractivity contribution >= 4 is 13.8 Å². The smallest absolute Gasteiger partial charge is 0.457 e. The Morgan fingerprint density at radius 3 is 1.19 bits per heavy atom. The number of allylic oxidation sites excluding steroid dienone is 26. The average molecular weight is 963 g/mol. The summed E-state index contributed by atoms with van der Waals surface area (Å²) in [5, 5.41) is 18.4. The molecule has 10 heteroatoms. The first-order valence-corrected chi connectivity index (χ1v) is 27.0. The van der Waals surface area contributed by atoms with Crippen molar-refractivity contribution in [3.05, 3.63) is 158 Å². The van der Waals surface area contributed by atoms with Crippen molar-refractivity contribution in [1.82, 2.24) is 0 Å². The van der Waals surface area contributed by atoms with E-state index in [1.54, 1.807) is 0 Å². The van der Waals surface area contributed by atoms with Gasteiger partial charge < -0.3 is 24.6 Å². The van der Waals surface area contributed by atoms with Gasteiger partial charge in [0.15, 0.2) is 0 Å². The molecule has 0 heterocycles. The molecule has 0 spiro atoms. The van der Waals surface area contributed by atoms with Gasteiger partial charge in [-0.3, -0.25) is 13.8 Å². The summed E-state index contributed by atoms with van der Waals surface area (Å²) in [6.07, 6.45) is 75.0. The molecule has 0 aliphatic heterocycles. The van der Waals surface area contributed by atoms with Crippen LogP contribution < -0.4 is 0 Å². The summed E-state index contributed by atoms with van der Waals surface area (Å²) in [4.78, 5) is 22.7. The van der Waals surface area contributed by atoms with Gasteiger partial charge in [-0.25, -0.2) is 4.57 Å². The van der Waals surface area contributed by atoms with E-state index in [-0.39, 0.29) is 13.0 Å². The number of rotatable bonds is 46. The Morgan fingerprint density at radius 1 is 0.456 bits per heavy atom. The Hall–Kier alpha value is -3.92. The zero-order valence-corrected chi connectivity index (χ0v) is 42.9. The van der Waals surface area contributed by atoms with E-state index < -0.39 is 45.8 Å². The molecular weight excluding hydrogens is 872 g/mol. The van der Waals surface area contributed by atoms with Gasteiger partial charge in [-0.05, 0) is 116 Å². The van der Waals surface area contributed by atoms with Crippen LogP contribution in [0, 0.1) is 0 Å². The molecule has 0 aromatic heterocycles. The number of esters is 1. The zero-order valence-electron chi connectivity index (χ0n) is 42.0. The SMILES string of the molecule is CC/C=C\C/C=C\C/C=C\C/C=C\C/C=C\C/C=C\C/C=C\CCCC(=O)OC(COCCCCCCC/C=C\C/C=C\C/C=C\C/C=C\C/C=C\C/C=C\CC)COP(=O)(O)OCC(O)CO. The standard InChI is InChI=1S/C58H91O9P/c1-3-5-7-9-11-13-15-17-19-21-23-25-27-29-31-33-35-37-39-41-43-45-47-49-51-64-54-57(55-66-68(62,63)65-53-56(60)52-59)67-58(61)50-48-46-44-42-40-38-36-34-32-30-28-26-24-22-20-18-16-14-12-10-8-6-4-2/h5-8,11-14,17-20,23-26,29-32,35-38,42,44,56-57,59-60H,3-4,9-10,15-16,21-22,27-28,33-34,39-41,43,45-55H2,1-2H3,(H,62,63)/b7-5-,8-6-,13-11-,14-12-,19-17-,20-18-,25-23-,26-24-,31-29-,32-30-,37-35-,38-36-,44-42-. The van der Waals surface area contributed by atoms with Gasteiger partial charge in [0.1, 0.15) is 12.2 Å². The monoisotopic (exact) mass is 963 g/mol. The largest absolute Gasteiger partial charge is 0.472 e. The molecule has 0 bridgehead atoms. The Labute approximate surface area is 413 Å². The highest BCUT2D eigenvalue weighted by molar-refractivity contribution is 7.47. The average Bonchev–Trinajstić information content (AvgIpc) is 3.33. The van der Waals surface area contributed by atoms with Gasteiger partial charge in [0.25, 0.3) is 0 Å². The van der Waals surface area contributed by atoms with Crippen LogP contribution in [0.4, 0.5) is 0 Å². The number of hydrogen-bond donors (Lipinski definition) is 3. The summed E-state index contributed by atoms with van der Waals surface area (Å²) in [5.41, 5.74) is 0. The second kappa shape index (κ2) is 52.5. The maximum atomic E-state index is 12.7. The van der Waals surface area contributed by atoms with Crippen molar-refractivity contribution in [3.63, 3.8) is 0 Å². The first kappa shape index (κ1) is 64.1. The molecule has 0 aromatic rings. The van der Waals surface area contributed by atoms with Crippen molar-refractivity contribution in [2.24, 2.45) is 0 Å². The van der Waals surface area contributed by atoms with Crippen LogP contribution in [0.25, 0.3) is 0 Å². The van der Waals surface area contributed by atoms with Gasteiger partial charge >= 0.3 is 13.8 Å². The van der Waals surface area contributed by atoms with E-state index in [2.05, 4.69) is 166 Å². The Kier molecular flexibility index (Phi) is 49.4. The highest BCUT2D eigenvalue weighted by Crippen LogP contribution is 2.43. The number of unbranched alkanes of at least 4 members (excludes halogenated alkanes) is 6. The highest BCUT2D eigenvalue weighted by atomic mass is 31.2. The lowest BCUT2D eigenvalue weighted by atomic mass is 10.1. The number of aliphatic hydroxyl groups is 2. The molecule has 0 saturated heterocycles. The third-order valence-electron chi connectivity index (χ3n) is 9.71. The first-order valence-electron chi connectivity index (χ1n) is 25.5. The van der Waals surface area contributed by atoms with E-state index in [1.165, 1.54) is 0 Å². The zero-order chi connectivity index (χ0) is 49.5. The Bertz CT molecular complexity index is 1610. The van der Waals surface area contributed by atoms with Crippen LogP contribution in [0.15, 0.2) is 158 Å². The number of carbonyl (C=O) groups is 1. The van der Waals surface area contributed by atoms with Gasteiger partial charge in [-0.2, -0.15) is 0 Å². The summed E-state index contributed by atoms with van der Waals surface area (Å²) in [7, 11) is -4.56. The topological polar surface area (TPSA) is 132 Å². The second-order valence-electron chi connectivity index (χ2n) is 16.1. The predicted octanol–water partition coefficient (Wildman–Crippen LogP) is 15.3. The molecule has 0 fully saturated rings. The fourth-order valence-corrected chi connectivity index (χ4v) is 6.72. The second-order valence-corrected chi connectivity index (χ2v) is 17.5. The highest BCUT2D eigenvalue weighted by Gasteiger charge is 2.26. The quantitative estimate of drug-likeness (QED) is 0.0236.